The first-order chi connectivity index (χ1) is 10.1. The van der Waals surface area contributed by atoms with E-state index >= 15 is 0 Å². The second-order valence-electron chi connectivity index (χ2n) is 6.19. The number of amides is 2. The van der Waals surface area contributed by atoms with Crippen molar-refractivity contribution in [2.45, 2.75) is 70.4 Å². The van der Waals surface area contributed by atoms with E-state index in [4.69, 9.17) is 4.74 Å². The molecule has 2 aliphatic rings. The van der Waals surface area contributed by atoms with E-state index in [0.29, 0.717) is 19.8 Å². The molecule has 1 aliphatic carbocycles. The molecule has 0 bridgehead atoms. The van der Waals surface area contributed by atoms with E-state index in [-0.39, 0.29) is 17.9 Å². The van der Waals surface area contributed by atoms with Crippen LogP contribution >= 0.6 is 0 Å². The third-order valence-electron chi connectivity index (χ3n) is 4.56. The Morgan fingerprint density at radius 3 is 2.52 bits per heavy atom. The van der Waals surface area contributed by atoms with Crippen LogP contribution in [-0.4, -0.2) is 48.1 Å². The Kier molecular flexibility index (Phi) is 5.62. The summed E-state index contributed by atoms with van der Waals surface area (Å²) in [4.78, 5) is 27.1. The van der Waals surface area contributed by atoms with Gasteiger partial charge in [-0.1, -0.05) is 33.1 Å². The second kappa shape index (κ2) is 7.25. The van der Waals surface area contributed by atoms with Crippen LogP contribution in [0.2, 0.25) is 0 Å². The van der Waals surface area contributed by atoms with Crippen molar-refractivity contribution in [2.75, 3.05) is 19.8 Å². The van der Waals surface area contributed by atoms with Crippen LogP contribution < -0.4 is 5.32 Å². The highest BCUT2D eigenvalue weighted by Crippen LogP contribution is 2.35. The summed E-state index contributed by atoms with van der Waals surface area (Å²) < 4.78 is 5.52. The lowest BCUT2D eigenvalue weighted by molar-refractivity contribution is -0.156. The maximum absolute atomic E-state index is 12.9. The zero-order chi connectivity index (χ0) is 15.3. The summed E-state index contributed by atoms with van der Waals surface area (Å²) in [6.45, 7) is 5.86. The molecule has 0 aromatic rings. The largest absolute Gasteiger partial charge is 0.380 e. The maximum Gasteiger partial charge on any atom is 0.249 e. The minimum absolute atomic E-state index is 0.0221. The lowest BCUT2D eigenvalue weighted by Crippen LogP contribution is -2.69. The van der Waals surface area contributed by atoms with Crippen LogP contribution in [0.5, 0.6) is 0 Å². The van der Waals surface area contributed by atoms with Crippen LogP contribution in [0.4, 0.5) is 0 Å². The summed E-state index contributed by atoms with van der Waals surface area (Å²) in [6.07, 6.45) is 6.18. The van der Waals surface area contributed by atoms with Gasteiger partial charge in [0.15, 0.2) is 0 Å². The smallest absolute Gasteiger partial charge is 0.249 e. The Balaban J connectivity index is 2.08. The molecule has 120 valence electrons. The Morgan fingerprint density at radius 1 is 1.19 bits per heavy atom. The van der Waals surface area contributed by atoms with Crippen LogP contribution in [0.15, 0.2) is 0 Å². The normalized spacial score (nSPS) is 24.7. The van der Waals surface area contributed by atoms with E-state index in [9.17, 15) is 9.59 Å². The fourth-order valence-corrected chi connectivity index (χ4v) is 3.48. The molecule has 5 nitrogen and oxygen atoms in total. The number of rotatable bonds is 7. The molecule has 1 saturated carbocycles. The fraction of sp³-hybridized carbons (Fsp3) is 0.875. The van der Waals surface area contributed by atoms with Crippen molar-refractivity contribution < 1.29 is 14.3 Å². The highest BCUT2D eigenvalue weighted by atomic mass is 16.5. The third kappa shape index (κ3) is 3.39. The van der Waals surface area contributed by atoms with Crippen LogP contribution in [0.3, 0.4) is 0 Å². The lowest BCUT2D eigenvalue weighted by atomic mass is 9.89. The Bertz CT molecular complexity index is 378. The molecular formula is C16H28N2O3. The summed E-state index contributed by atoms with van der Waals surface area (Å²) in [5, 5.41) is 3.04. The van der Waals surface area contributed by atoms with Gasteiger partial charge in [-0.25, -0.2) is 0 Å². The molecule has 1 atom stereocenters. The van der Waals surface area contributed by atoms with Crippen LogP contribution in [0.1, 0.15) is 58.8 Å². The molecule has 1 unspecified atom stereocenters. The van der Waals surface area contributed by atoms with Gasteiger partial charge in [-0.2, -0.15) is 0 Å². The van der Waals surface area contributed by atoms with Crippen LogP contribution in [-0.2, 0) is 14.3 Å². The molecule has 1 spiro atoms. The van der Waals surface area contributed by atoms with Crippen LogP contribution in [0, 0.1) is 0 Å². The number of hydrogen-bond acceptors (Lipinski definition) is 3. The Hall–Kier alpha value is -1.10. The first-order valence-corrected chi connectivity index (χ1v) is 8.35. The van der Waals surface area contributed by atoms with Gasteiger partial charge in [-0.15, -0.1) is 0 Å². The quantitative estimate of drug-likeness (QED) is 0.729. The molecular weight excluding hydrogens is 268 g/mol. The maximum atomic E-state index is 12.9. The predicted octanol–water partition coefficient (Wildman–Crippen LogP) is 1.85. The van der Waals surface area contributed by atoms with Crippen molar-refractivity contribution in [3.8, 4) is 0 Å². The summed E-state index contributed by atoms with van der Waals surface area (Å²) in [6, 6.07) is -0.320. The molecule has 2 amide bonds. The van der Waals surface area contributed by atoms with E-state index < -0.39 is 5.54 Å². The minimum atomic E-state index is -0.619. The summed E-state index contributed by atoms with van der Waals surface area (Å²) in [7, 11) is 0. The Morgan fingerprint density at radius 2 is 1.90 bits per heavy atom. The van der Waals surface area contributed by atoms with E-state index in [0.717, 1.165) is 44.9 Å². The molecule has 21 heavy (non-hydrogen) atoms. The van der Waals surface area contributed by atoms with E-state index in [1.165, 1.54) is 0 Å². The van der Waals surface area contributed by atoms with Crippen molar-refractivity contribution in [3.05, 3.63) is 0 Å². The summed E-state index contributed by atoms with van der Waals surface area (Å²) in [5.74, 6) is 0.131. The third-order valence-corrected chi connectivity index (χ3v) is 4.56. The van der Waals surface area contributed by atoms with Crippen molar-refractivity contribution in [1.82, 2.24) is 10.2 Å². The minimum Gasteiger partial charge on any atom is -0.380 e. The summed E-state index contributed by atoms with van der Waals surface area (Å²) in [5.41, 5.74) is -0.619. The molecule has 1 aliphatic heterocycles. The van der Waals surface area contributed by atoms with Gasteiger partial charge in [0.05, 0.1) is 6.61 Å². The van der Waals surface area contributed by atoms with E-state index in [1.807, 2.05) is 6.92 Å². The molecule has 1 heterocycles. The summed E-state index contributed by atoms with van der Waals surface area (Å²) >= 11 is 0. The molecule has 1 saturated heterocycles. The topological polar surface area (TPSA) is 58.6 Å². The zero-order valence-electron chi connectivity index (χ0n) is 13.3. The first-order valence-electron chi connectivity index (χ1n) is 8.35. The number of piperazine rings is 1. The van der Waals surface area contributed by atoms with Crippen LogP contribution in [0.25, 0.3) is 0 Å². The zero-order valence-corrected chi connectivity index (χ0v) is 13.3. The number of carbonyl (C=O) groups excluding carboxylic acids is 2. The lowest BCUT2D eigenvalue weighted by Gasteiger charge is -2.44. The van der Waals surface area contributed by atoms with Gasteiger partial charge in [0.2, 0.25) is 11.8 Å². The van der Waals surface area contributed by atoms with Gasteiger partial charge < -0.3 is 15.0 Å². The monoisotopic (exact) mass is 296 g/mol. The average Bonchev–Trinajstić information content (AvgIpc) is 2.93. The predicted molar refractivity (Wildman–Crippen MR) is 80.9 cm³/mol. The van der Waals surface area contributed by atoms with Crippen molar-refractivity contribution in [2.24, 2.45) is 0 Å². The van der Waals surface area contributed by atoms with Gasteiger partial charge in [-0.05, 0) is 25.7 Å². The van der Waals surface area contributed by atoms with Gasteiger partial charge in [0.1, 0.15) is 11.6 Å². The molecule has 0 aromatic carbocycles. The SMILES string of the molecule is CCCOCCN1C(=O)C2(CCCC2)NC(=O)C1CCC. The number of carbonyl (C=O) groups is 2. The molecule has 0 aromatic heterocycles. The standard InChI is InChI=1S/C16H28N2O3/c1-3-7-13-14(19)17-16(8-5-6-9-16)15(20)18(13)10-12-21-11-4-2/h13H,3-12H2,1-2H3,(H,17,19). The second-order valence-corrected chi connectivity index (χ2v) is 6.19. The molecule has 0 radical (unpaired) electrons. The number of nitrogens with zero attached hydrogens (tertiary/aromatic N) is 1. The first kappa shape index (κ1) is 16.3. The number of nitrogens with one attached hydrogen (secondary N) is 1. The van der Waals surface area contributed by atoms with Gasteiger partial charge in [-0.3, -0.25) is 9.59 Å². The van der Waals surface area contributed by atoms with E-state index in [2.05, 4.69) is 12.2 Å². The highest BCUT2D eigenvalue weighted by molar-refractivity contribution is 6.00. The van der Waals surface area contributed by atoms with Gasteiger partial charge in [0, 0.05) is 13.2 Å². The van der Waals surface area contributed by atoms with Gasteiger partial charge in [0.25, 0.3) is 0 Å². The molecule has 2 rings (SSSR count). The highest BCUT2D eigenvalue weighted by Gasteiger charge is 2.51. The number of ether oxygens (including phenoxy) is 1. The van der Waals surface area contributed by atoms with Crippen molar-refractivity contribution >= 4 is 11.8 Å². The van der Waals surface area contributed by atoms with E-state index in [1.54, 1.807) is 4.90 Å². The molecule has 2 fully saturated rings. The number of hydrogen-bond donors (Lipinski definition) is 1. The fourth-order valence-electron chi connectivity index (χ4n) is 3.48. The average molecular weight is 296 g/mol. The van der Waals surface area contributed by atoms with Crippen molar-refractivity contribution in [1.29, 1.82) is 0 Å². The Labute approximate surface area is 127 Å². The molecule has 1 N–H and O–H groups in total. The van der Waals surface area contributed by atoms with Gasteiger partial charge >= 0.3 is 0 Å². The van der Waals surface area contributed by atoms with Crippen molar-refractivity contribution in [3.63, 3.8) is 0 Å². The molecule has 5 heteroatoms.